The lowest BCUT2D eigenvalue weighted by molar-refractivity contribution is -0.141. The summed E-state index contributed by atoms with van der Waals surface area (Å²) in [5.41, 5.74) is -0.758. The van der Waals surface area contributed by atoms with Crippen molar-refractivity contribution in [2.45, 2.75) is 24.9 Å². The molecule has 0 saturated heterocycles. The van der Waals surface area contributed by atoms with Gasteiger partial charge in [-0.1, -0.05) is 0 Å². The van der Waals surface area contributed by atoms with Crippen LogP contribution in [-0.2, 0) is 6.18 Å². The molecule has 2 nitrogen and oxygen atoms in total. The van der Waals surface area contributed by atoms with Crippen molar-refractivity contribution in [2.75, 3.05) is 0 Å². The quantitative estimate of drug-likeness (QED) is 0.762. The summed E-state index contributed by atoms with van der Waals surface area (Å²) in [6.45, 7) is 0. The number of rotatable bonds is 2. The zero-order chi connectivity index (χ0) is 14.5. The van der Waals surface area contributed by atoms with E-state index in [-0.39, 0.29) is 11.6 Å². The predicted molar refractivity (Wildman–Crippen MR) is 60.5 cm³/mol. The summed E-state index contributed by atoms with van der Waals surface area (Å²) in [5.74, 6) is -1.75. The van der Waals surface area contributed by atoms with Gasteiger partial charge in [0.05, 0.1) is 5.69 Å². The normalized spacial score (nSPS) is 15.7. The number of alkyl halides is 3. The van der Waals surface area contributed by atoms with Gasteiger partial charge in [-0.15, -0.1) is 0 Å². The third kappa shape index (κ3) is 2.39. The molecule has 106 valence electrons. The summed E-state index contributed by atoms with van der Waals surface area (Å²) in [6.07, 6.45) is -3.08. The molecule has 20 heavy (non-hydrogen) atoms. The zero-order valence-corrected chi connectivity index (χ0v) is 10.1. The summed E-state index contributed by atoms with van der Waals surface area (Å²) in [6, 6.07) is 3.53. The number of hydrogen-bond donors (Lipinski definition) is 0. The molecule has 1 heterocycles. The maximum Gasteiger partial charge on any atom is 0.435 e. The molecule has 0 N–H and O–H groups in total. The first-order valence-corrected chi connectivity index (χ1v) is 5.98. The summed E-state index contributed by atoms with van der Waals surface area (Å²) in [4.78, 5) is 0. The van der Waals surface area contributed by atoms with Crippen molar-refractivity contribution in [3.8, 4) is 5.69 Å². The molecule has 0 atom stereocenters. The number of hydrogen-bond acceptors (Lipinski definition) is 1. The SMILES string of the molecule is Fc1cc(F)cc(-n2nc(C(F)(F)F)cc2C2CC2)c1. The Kier molecular flexibility index (Phi) is 2.81. The van der Waals surface area contributed by atoms with Gasteiger partial charge in [0.25, 0.3) is 0 Å². The zero-order valence-electron chi connectivity index (χ0n) is 10.1. The first kappa shape index (κ1) is 13.1. The van der Waals surface area contributed by atoms with E-state index in [0.29, 0.717) is 11.8 Å². The maximum atomic E-state index is 13.2. The first-order valence-electron chi connectivity index (χ1n) is 5.98. The molecule has 0 spiro atoms. The van der Waals surface area contributed by atoms with E-state index in [1.807, 2.05) is 0 Å². The van der Waals surface area contributed by atoms with Crippen molar-refractivity contribution in [3.05, 3.63) is 47.3 Å². The highest BCUT2D eigenvalue weighted by atomic mass is 19.4. The average Bonchev–Trinajstić information content (AvgIpc) is 3.05. The van der Waals surface area contributed by atoms with Crippen molar-refractivity contribution in [2.24, 2.45) is 0 Å². The van der Waals surface area contributed by atoms with Crippen molar-refractivity contribution in [3.63, 3.8) is 0 Å². The lowest BCUT2D eigenvalue weighted by atomic mass is 10.2. The fourth-order valence-electron chi connectivity index (χ4n) is 2.07. The molecule has 7 heteroatoms. The summed E-state index contributed by atoms with van der Waals surface area (Å²) < 4.78 is 65.5. The molecule has 2 aromatic rings. The van der Waals surface area contributed by atoms with Crippen LogP contribution in [0.15, 0.2) is 24.3 Å². The van der Waals surface area contributed by atoms with Crippen LogP contribution in [0.25, 0.3) is 5.69 Å². The van der Waals surface area contributed by atoms with Gasteiger partial charge in [-0.25, -0.2) is 13.5 Å². The molecule has 1 aliphatic rings. The van der Waals surface area contributed by atoms with E-state index in [4.69, 9.17) is 0 Å². The van der Waals surface area contributed by atoms with Crippen molar-refractivity contribution in [1.29, 1.82) is 0 Å². The fourth-order valence-corrected chi connectivity index (χ4v) is 2.07. The van der Waals surface area contributed by atoms with Crippen LogP contribution in [0.5, 0.6) is 0 Å². The molecule has 0 radical (unpaired) electrons. The second kappa shape index (κ2) is 4.29. The molecular weight excluding hydrogens is 279 g/mol. The van der Waals surface area contributed by atoms with E-state index in [1.54, 1.807) is 0 Å². The number of nitrogens with zero attached hydrogens (tertiary/aromatic N) is 2. The van der Waals surface area contributed by atoms with E-state index in [2.05, 4.69) is 5.10 Å². The van der Waals surface area contributed by atoms with Gasteiger partial charge in [0.1, 0.15) is 11.6 Å². The van der Waals surface area contributed by atoms with Gasteiger partial charge in [0.15, 0.2) is 5.69 Å². The van der Waals surface area contributed by atoms with E-state index >= 15 is 0 Å². The van der Waals surface area contributed by atoms with Crippen LogP contribution >= 0.6 is 0 Å². The summed E-state index contributed by atoms with van der Waals surface area (Å²) in [5, 5.41) is 3.45. The van der Waals surface area contributed by atoms with E-state index in [1.165, 1.54) is 0 Å². The van der Waals surface area contributed by atoms with Gasteiger partial charge in [0.2, 0.25) is 0 Å². The number of aromatic nitrogens is 2. The van der Waals surface area contributed by atoms with E-state index in [9.17, 15) is 22.0 Å². The Bertz CT molecular complexity index is 635. The van der Waals surface area contributed by atoms with Crippen LogP contribution < -0.4 is 0 Å². The van der Waals surface area contributed by atoms with Crippen molar-refractivity contribution >= 4 is 0 Å². The Labute approximate surface area is 110 Å². The molecule has 0 aliphatic heterocycles. The smallest absolute Gasteiger partial charge is 0.237 e. The molecule has 1 aliphatic carbocycles. The van der Waals surface area contributed by atoms with Gasteiger partial charge in [-0.2, -0.15) is 18.3 Å². The first-order chi connectivity index (χ1) is 9.34. The van der Waals surface area contributed by atoms with E-state index in [0.717, 1.165) is 35.7 Å². The van der Waals surface area contributed by atoms with Crippen LogP contribution in [0.4, 0.5) is 22.0 Å². The molecule has 1 aromatic carbocycles. The molecule has 1 fully saturated rings. The molecular formula is C13H9F5N2. The lowest BCUT2D eigenvalue weighted by Gasteiger charge is -2.07. The second-order valence-corrected chi connectivity index (χ2v) is 4.77. The third-order valence-corrected chi connectivity index (χ3v) is 3.11. The molecule has 1 saturated carbocycles. The minimum atomic E-state index is -4.58. The van der Waals surface area contributed by atoms with Crippen molar-refractivity contribution in [1.82, 2.24) is 9.78 Å². The Morgan fingerprint density at radius 3 is 2.10 bits per heavy atom. The molecule has 0 amide bonds. The minimum absolute atomic E-state index is 0.0371. The van der Waals surface area contributed by atoms with Gasteiger partial charge >= 0.3 is 6.18 Å². The predicted octanol–water partition coefficient (Wildman–Crippen LogP) is 4.05. The Morgan fingerprint density at radius 1 is 1.00 bits per heavy atom. The molecule has 3 rings (SSSR count). The number of benzene rings is 1. The Hall–Kier alpha value is -1.92. The lowest BCUT2D eigenvalue weighted by Crippen LogP contribution is -2.08. The molecule has 1 aromatic heterocycles. The highest BCUT2D eigenvalue weighted by Gasteiger charge is 2.38. The van der Waals surface area contributed by atoms with Crippen LogP contribution in [0.3, 0.4) is 0 Å². The largest absolute Gasteiger partial charge is 0.435 e. The standard InChI is InChI=1S/C13H9F5N2/c14-8-3-9(15)5-10(4-8)20-11(7-1-2-7)6-12(19-20)13(16,17)18/h3-7H,1-2H2. The van der Waals surface area contributed by atoms with Crippen LogP contribution in [0.1, 0.15) is 30.1 Å². The minimum Gasteiger partial charge on any atom is -0.237 e. The molecule has 0 bridgehead atoms. The highest BCUT2D eigenvalue weighted by Crippen LogP contribution is 2.42. The fraction of sp³-hybridized carbons (Fsp3) is 0.308. The van der Waals surface area contributed by atoms with Gasteiger partial charge in [0, 0.05) is 17.7 Å². The maximum absolute atomic E-state index is 13.2. The number of halogens is 5. The molecule has 0 unspecified atom stereocenters. The van der Waals surface area contributed by atoms with Crippen molar-refractivity contribution < 1.29 is 22.0 Å². The monoisotopic (exact) mass is 288 g/mol. The van der Waals surface area contributed by atoms with E-state index < -0.39 is 23.5 Å². The summed E-state index contributed by atoms with van der Waals surface area (Å²) >= 11 is 0. The second-order valence-electron chi connectivity index (χ2n) is 4.77. The average molecular weight is 288 g/mol. The Morgan fingerprint density at radius 2 is 1.60 bits per heavy atom. The van der Waals surface area contributed by atoms with Crippen LogP contribution in [0, 0.1) is 11.6 Å². The van der Waals surface area contributed by atoms with Crippen LogP contribution in [-0.4, -0.2) is 9.78 Å². The van der Waals surface area contributed by atoms with Gasteiger partial charge in [-0.05, 0) is 31.0 Å². The van der Waals surface area contributed by atoms with Crippen LogP contribution in [0.2, 0.25) is 0 Å². The van der Waals surface area contributed by atoms with Gasteiger partial charge < -0.3 is 0 Å². The topological polar surface area (TPSA) is 17.8 Å². The summed E-state index contributed by atoms with van der Waals surface area (Å²) in [7, 11) is 0. The highest BCUT2D eigenvalue weighted by molar-refractivity contribution is 5.37. The van der Waals surface area contributed by atoms with Gasteiger partial charge in [-0.3, -0.25) is 0 Å². The third-order valence-electron chi connectivity index (χ3n) is 3.11. The Balaban J connectivity index is 2.14.